The van der Waals surface area contributed by atoms with Crippen LogP contribution < -0.4 is 10.5 Å². The van der Waals surface area contributed by atoms with Crippen molar-refractivity contribution in [2.45, 2.75) is 23.9 Å². The Morgan fingerprint density at radius 3 is 2.35 bits per heavy atom. The van der Waals surface area contributed by atoms with Crippen LogP contribution >= 0.6 is 12.4 Å². The number of nitrogens with zero attached hydrogens (tertiary/aromatic N) is 1. The molecule has 0 fully saturated rings. The Balaban J connectivity index is 0.00000484. The normalized spacial score (nSPS) is 11.8. The largest absolute Gasteiger partial charge is 0.417 e. The van der Waals surface area contributed by atoms with Gasteiger partial charge in [-0.1, -0.05) is 0 Å². The van der Waals surface area contributed by atoms with E-state index >= 15 is 0 Å². The van der Waals surface area contributed by atoms with E-state index in [4.69, 9.17) is 5.73 Å². The maximum absolute atomic E-state index is 12.9. The summed E-state index contributed by atoms with van der Waals surface area (Å²) in [7, 11) is -4.43. The first kappa shape index (κ1) is 21.6. The number of benzene rings is 1. The van der Waals surface area contributed by atoms with Crippen molar-refractivity contribution in [2.75, 3.05) is 13.1 Å². The van der Waals surface area contributed by atoms with Gasteiger partial charge in [-0.05, 0) is 25.5 Å². The smallest absolute Gasteiger partial charge is 0.330 e. The molecule has 132 valence electrons. The Kier molecular flexibility index (Phi) is 7.91. The molecule has 1 aromatic rings. The lowest BCUT2D eigenvalue weighted by atomic mass is 10.2. The minimum atomic E-state index is -5.03. The average molecular weight is 378 g/mol. The number of non-ortho nitro benzene ring substituents is 1. The van der Waals surface area contributed by atoms with E-state index in [0.29, 0.717) is 31.5 Å². The molecule has 0 saturated carbocycles. The number of halogens is 4. The van der Waals surface area contributed by atoms with E-state index in [1.807, 2.05) is 4.72 Å². The standard InChI is InChI=1S/C11H14F3N3O4S.ClH/c12-11(13,14)9-7-8(17(18)19)3-4-10(9)22(20,21)16-6-2-1-5-15;/h3-4,7,16H,1-2,5-6,15H2;1H. The van der Waals surface area contributed by atoms with E-state index < -0.39 is 37.3 Å². The molecule has 0 amide bonds. The SMILES string of the molecule is Cl.NCCCCNS(=O)(=O)c1ccc([N+](=O)[O-])cc1C(F)(F)F. The number of hydrogen-bond donors (Lipinski definition) is 2. The maximum atomic E-state index is 12.9. The lowest BCUT2D eigenvalue weighted by molar-refractivity contribution is -0.385. The second kappa shape index (κ2) is 8.43. The van der Waals surface area contributed by atoms with Crippen molar-refractivity contribution in [2.24, 2.45) is 5.73 Å². The monoisotopic (exact) mass is 377 g/mol. The third-order valence-electron chi connectivity index (χ3n) is 2.69. The van der Waals surface area contributed by atoms with Crippen LogP contribution in [0.3, 0.4) is 0 Å². The summed E-state index contributed by atoms with van der Waals surface area (Å²) in [5.41, 5.74) is 2.81. The number of hydrogen-bond acceptors (Lipinski definition) is 5. The van der Waals surface area contributed by atoms with Crippen molar-refractivity contribution in [3.05, 3.63) is 33.9 Å². The van der Waals surface area contributed by atoms with Gasteiger partial charge in [0, 0.05) is 18.7 Å². The van der Waals surface area contributed by atoms with Gasteiger partial charge in [-0.3, -0.25) is 10.1 Å². The Labute approximate surface area is 136 Å². The summed E-state index contributed by atoms with van der Waals surface area (Å²) < 4.78 is 64.7. The van der Waals surface area contributed by atoms with Crippen LogP contribution in [0.2, 0.25) is 0 Å². The second-order valence-corrected chi connectivity index (χ2v) is 6.06. The van der Waals surface area contributed by atoms with Crippen LogP contribution in [0.25, 0.3) is 0 Å². The zero-order valence-electron chi connectivity index (χ0n) is 11.7. The molecular formula is C11H15ClF3N3O4S. The molecule has 0 aromatic heterocycles. The lowest BCUT2D eigenvalue weighted by Crippen LogP contribution is -2.27. The zero-order chi connectivity index (χ0) is 17.0. The number of nitrogens with one attached hydrogen (secondary N) is 1. The van der Waals surface area contributed by atoms with Gasteiger partial charge in [-0.2, -0.15) is 13.2 Å². The summed E-state index contributed by atoms with van der Waals surface area (Å²) in [5.74, 6) is 0. The van der Waals surface area contributed by atoms with Crippen LogP contribution in [0.1, 0.15) is 18.4 Å². The van der Waals surface area contributed by atoms with Crippen molar-refractivity contribution in [3.8, 4) is 0 Å². The molecule has 12 heteroatoms. The summed E-state index contributed by atoms with van der Waals surface area (Å²) >= 11 is 0. The Morgan fingerprint density at radius 1 is 1.26 bits per heavy atom. The zero-order valence-corrected chi connectivity index (χ0v) is 13.3. The maximum Gasteiger partial charge on any atom is 0.417 e. The number of nitro groups is 1. The van der Waals surface area contributed by atoms with Gasteiger partial charge in [0.2, 0.25) is 10.0 Å². The fourth-order valence-corrected chi connectivity index (χ4v) is 2.92. The molecule has 0 aliphatic carbocycles. The van der Waals surface area contributed by atoms with Crippen molar-refractivity contribution in [3.63, 3.8) is 0 Å². The number of unbranched alkanes of at least 4 members (excludes halogenated alkanes) is 1. The molecule has 0 unspecified atom stereocenters. The molecule has 0 heterocycles. The van der Waals surface area contributed by atoms with Crippen LogP contribution in [0.5, 0.6) is 0 Å². The first-order valence-electron chi connectivity index (χ1n) is 6.15. The highest BCUT2D eigenvalue weighted by atomic mass is 35.5. The first-order chi connectivity index (χ1) is 10.1. The molecular weight excluding hydrogens is 363 g/mol. The summed E-state index contributed by atoms with van der Waals surface area (Å²) in [6, 6.07) is 1.49. The van der Waals surface area contributed by atoms with E-state index in [2.05, 4.69) is 0 Å². The Morgan fingerprint density at radius 2 is 1.87 bits per heavy atom. The highest BCUT2D eigenvalue weighted by molar-refractivity contribution is 7.89. The molecule has 0 aliphatic heterocycles. The second-order valence-electron chi connectivity index (χ2n) is 4.33. The van der Waals surface area contributed by atoms with Gasteiger partial charge in [0.05, 0.1) is 15.4 Å². The predicted molar refractivity (Wildman–Crippen MR) is 78.8 cm³/mol. The lowest BCUT2D eigenvalue weighted by Gasteiger charge is -2.13. The fourth-order valence-electron chi connectivity index (χ4n) is 1.64. The highest BCUT2D eigenvalue weighted by Crippen LogP contribution is 2.36. The van der Waals surface area contributed by atoms with Crippen LogP contribution in [0.4, 0.5) is 18.9 Å². The van der Waals surface area contributed by atoms with Gasteiger partial charge < -0.3 is 5.73 Å². The van der Waals surface area contributed by atoms with E-state index in [1.54, 1.807) is 0 Å². The van der Waals surface area contributed by atoms with Gasteiger partial charge in [0.15, 0.2) is 0 Å². The van der Waals surface area contributed by atoms with Crippen molar-refractivity contribution in [1.82, 2.24) is 4.72 Å². The van der Waals surface area contributed by atoms with Crippen LogP contribution in [0, 0.1) is 10.1 Å². The molecule has 7 nitrogen and oxygen atoms in total. The molecule has 0 bridgehead atoms. The van der Waals surface area contributed by atoms with Gasteiger partial charge >= 0.3 is 6.18 Å². The third-order valence-corrected chi connectivity index (χ3v) is 4.21. The minimum Gasteiger partial charge on any atom is -0.330 e. The fraction of sp³-hybridized carbons (Fsp3) is 0.455. The molecule has 3 N–H and O–H groups in total. The summed E-state index contributed by atoms with van der Waals surface area (Å²) in [4.78, 5) is 8.48. The number of rotatable bonds is 7. The number of nitrogens with two attached hydrogens (primary N) is 1. The van der Waals surface area contributed by atoms with Gasteiger partial charge in [-0.15, -0.1) is 12.4 Å². The van der Waals surface area contributed by atoms with Gasteiger partial charge in [0.1, 0.15) is 0 Å². The molecule has 23 heavy (non-hydrogen) atoms. The summed E-state index contributed by atoms with van der Waals surface area (Å²) in [5, 5.41) is 10.5. The molecule has 1 aromatic carbocycles. The molecule has 0 saturated heterocycles. The molecule has 1 rings (SSSR count). The summed E-state index contributed by atoms with van der Waals surface area (Å²) in [6.07, 6.45) is -4.16. The summed E-state index contributed by atoms with van der Waals surface area (Å²) in [6.45, 7) is 0.251. The first-order valence-corrected chi connectivity index (χ1v) is 7.63. The molecule has 0 radical (unpaired) electrons. The van der Waals surface area contributed by atoms with E-state index in [0.717, 1.165) is 0 Å². The molecule has 0 atom stereocenters. The van der Waals surface area contributed by atoms with Crippen LogP contribution in [-0.2, 0) is 16.2 Å². The van der Waals surface area contributed by atoms with Crippen LogP contribution in [0.15, 0.2) is 23.1 Å². The Bertz CT molecular complexity index is 652. The number of nitro benzene ring substituents is 1. The topological polar surface area (TPSA) is 115 Å². The van der Waals surface area contributed by atoms with E-state index in [9.17, 15) is 31.7 Å². The number of alkyl halides is 3. The predicted octanol–water partition coefficient (Wildman–Crippen LogP) is 2.05. The molecule has 0 spiro atoms. The van der Waals surface area contributed by atoms with E-state index in [-0.39, 0.29) is 25.0 Å². The third kappa shape index (κ3) is 5.94. The Hall–Kier alpha value is -1.43. The minimum absolute atomic E-state index is 0. The van der Waals surface area contributed by atoms with Gasteiger partial charge in [0.25, 0.3) is 5.69 Å². The quantitative estimate of drug-likeness (QED) is 0.428. The van der Waals surface area contributed by atoms with Crippen molar-refractivity contribution < 1.29 is 26.5 Å². The van der Waals surface area contributed by atoms with Crippen LogP contribution in [-0.4, -0.2) is 26.4 Å². The molecule has 0 aliphatic rings. The van der Waals surface area contributed by atoms with Crippen molar-refractivity contribution >= 4 is 28.1 Å². The van der Waals surface area contributed by atoms with Crippen molar-refractivity contribution in [1.29, 1.82) is 0 Å². The van der Waals surface area contributed by atoms with Gasteiger partial charge in [-0.25, -0.2) is 13.1 Å². The highest BCUT2D eigenvalue weighted by Gasteiger charge is 2.38. The van der Waals surface area contributed by atoms with E-state index in [1.165, 1.54) is 0 Å². The number of sulfonamides is 1. The average Bonchev–Trinajstić information content (AvgIpc) is 2.42.